The molecule has 2 aliphatic rings. The quantitative estimate of drug-likeness (QED) is 0.591. The molecular formula is C22H28N2O4. The number of likely N-dealkylation sites (tertiary alicyclic amines) is 1. The van der Waals surface area contributed by atoms with Crippen LogP contribution in [0.2, 0.25) is 0 Å². The summed E-state index contributed by atoms with van der Waals surface area (Å²) in [5.74, 6) is -0.365. The van der Waals surface area contributed by atoms with E-state index in [0.717, 1.165) is 24.1 Å². The Morgan fingerprint density at radius 3 is 2.64 bits per heavy atom. The number of anilines is 1. The van der Waals surface area contributed by atoms with Crippen molar-refractivity contribution in [2.24, 2.45) is 17.8 Å². The average molecular weight is 384 g/mol. The molecule has 2 aliphatic heterocycles. The molecule has 6 nitrogen and oxygen atoms in total. The SMILES string of the molecule is C=CC(=O)N1CCCc2cc(C(=O)N3C[C@@H](C(=O)OC)[C@H](C(C)C)C3)ccc21. The average Bonchev–Trinajstić information content (AvgIpc) is 3.17. The van der Waals surface area contributed by atoms with E-state index in [1.807, 2.05) is 12.1 Å². The van der Waals surface area contributed by atoms with Gasteiger partial charge < -0.3 is 14.5 Å². The summed E-state index contributed by atoms with van der Waals surface area (Å²) in [4.78, 5) is 40.8. The molecule has 0 N–H and O–H groups in total. The monoisotopic (exact) mass is 384 g/mol. The summed E-state index contributed by atoms with van der Waals surface area (Å²) < 4.78 is 4.95. The number of fused-ring (bicyclic) bond motifs is 1. The zero-order valence-corrected chi connectivity index (χ0v) is 16.8. The number of hydrogen-bond donors (Lipinski definition) is 0. The second-order valence-electron chi connectivity index (χ2n) is 7.89. The van der Waals surface area contributed by atoms with Crippen LogP contribution < -0.4 is 4.90 Å². The fourth-order valence-corrected chi connectivity index (χ4v) is 4.32. The van der Waals surface area contributed by atoms with E-state index < -0.39 is 0 Å². The van der Waals surface area contributed by atoms with Gasteiger partial charge in [-0.2, -0.15) is 0 Å². The minimum absolute atomic E-state index is 0.0768. The number of hydrogen-bond acceptors (Lipinski definition) is 4. The van der Waals surface area contributed by atoms with Gasteiger partial charge in [-0.15, -0.1) is 0 Å². The van der Waals surface area contributed by atoms with Crippen LogP contribution in [0.15, 0.2) is 30.9 Å². The summed E-state index contributed by atoms with van der Waals surface area (Å²) in [7, 11) is 1.39. The molecule has 0 aliphatic carbocycles. The highest BCUT2D eigenvalue weighted by Crippen LogP contribution is 2.33. The van der Waals surface area contributed by atoms with E-state index in [9.17, 15) is 14.4 Å². The normalized spacial score (nSPS) is 21.4. The van der Waals surface area contributed by atoms with Crippen molar-refractivity contribution in [2.45, 2.75) is 26.7 Å². The predicted molar refractivity (Wildman–Crippen MR) is 107 cm³/mol. The third kappa shape index (κ3) is 3.68. The van der Waals surface area contributed by atoms with Gasteiger partial charge in [-0.05, 0) is 54.5 Å². The molecule has 1 aromatic carbocycles. The molecule has 2 atom stereocenters. The van der Waals surface area contributed by atoms with Crippen LogP contribution in [0.4, 0.5) is 5.69 Å². The highest BCUT2D eigenvalue weighted by atomic mass is 16.5. The number of benzene rings is 1. The van der Waals surface area contributed by atoms with Gasteiger partial charge in [0.15, 0.2) is 0 Å². The van der Waals surface area contributed by atoms with Crippen LogP contribution in [-0.4, -0.2) is 49.4 Å². The third-order valence-electron chi connectivity index (χ3n) is 5.90. The molecule has 2 amide bonds. The highest BCUT2D eigenvalue weighted by molar-refractivity contribution is 6.02. The van der Waals surface area contributed by atoms with Gasteiger partial charge in [0.1, 0.15) is 0 Å². The second kappa shape index (κ2) is 8.17. The molecule has 3 rings (SSSR count). The van der Waals surface area contributed by atoms with Crippen LogP contribution in [-0.2, 0) is 20.7 Å². The second-order valence-corrected chi connectivity index (χ2v) is 7.89. The molecule has 0 unspecified atom stereocenters. The van der Waals surface area contributed by atoms with Gasteiger partial charge in [0.05, 0.1) is 13.0 Å². The lowest BCUT2D eigenvalue weighted by Gasteiger charge is -2.29. The maximum atomic E-state index is 13.1. The van der Waals surface area contributed by atoms with E-state index in [-0.39, 0.29) is 35.5 Å². The zero-order valence-electron chi connectivity index (χ0n) is 16.8. The fourth-order valence-electron chi connectivity index (χ4n) is 4.32. The summed E-state index contributed by atoms with van der Waals surface area (Å²) in [5.41, 5.74) is 2.44. The van der Waals surface area contributed by atoms with Crippen molar-refractivity contribution in [1.29, 1.82) is 0 Å². The molecule has 150 valence electrons. The number of esters is 1. The minimum Gasteiger partial charge on any atom is -0.469 e. The number of nitrogens with zero attached hydrogens (tertiary/aromatic N) is 2. The lowest BCUT2D eigenvalue weighted by atomic mass is 9.86. The topological polar surface area (TPSA) is 66.9 Å². The van der Waals surface area contributed by atoms with Crippen LogP contribution in [0.1, 0.15) is 36.2 Å². The van der Waals surface area contributed by atoms with Crippen molar-refractivity contribution in [2.75, 3.05) is 31.6 Å². The van der Waals surface area contributed by atoms with Crippen molar-refractivity contribution in [1.82, 2.24) is 4.90 Å². The van der Waals surface area contributed by atoms with E-state index in [2.05, 4.69) is 20.4 Å². The Bertz CT molecular complexity index is 802. The smallest absolute Gasteiger partial charge is 0.310 e. The number of amides is 2. The molecule has 1 saturated heterocycles. The third-order valence-corrected chi connectivity index (χ3v) is 5.90. The molecule has 0 saturated carbocycles. The van der Waals surface area contributed by atoms with Gasteiger partial charge in [-0.25, -0.2) is 0 Å². The first kappa shape index (κ1) is 20.1. The van der Waals surface area contributed by atoms with Crippen LogP contribution in [0.3, 0.4) is 0 Å². The number of methoxy groups -OCH3 is 1. The Labute approximate surface area is 166 Å². The van der Waals surface area contributed by atoms with Gasteiger partial charge >= 0.3 is 5.97 Å². The molecule has 0 bridgehead atoms. The fraction of sp³-hybridized carbons (Fsp3) is 0.500. The number of rotatable bonds is 4. The van der Waals surface area contributed by atoms with E-state index in [0.29, 0.717) is 25.2 Å². The summed E-state index contributed by atoms with van der Waals surface area (Å²) >= 11 is 0. The van der Waals surface area contributed by atoms with Crippen molar-refractivity contribution in [3.8, 4) is 0 Å². The van der Waals surface area contributed by atoms with Crippen molar-refractivity contribution >= 4 is 23.5 Å². The molecule has 1 aromatic rings. The number of carbonyl (C=O) groups is 3. The first-order chi connectivity index (χ1) is 13.4. The lowest BCUT2D eigenvalue weighted by molar-refractivity contribution is -0.146. The zero-order chi connectivity index (χ0) is 20.4. The van der Waals surface area contributed by atoms with E-state index in [1.54, 1.807) is 15.9 Å². The molecule has 0 aromatic heterocycles. The Balaban J connectivity index is 1.83. The van der Waals surface area contributed by atoms with Gasteiger partial charge in [0.2, 0.25) is 5.91 Å². The Morgan fingerprint density at radius 2 is 2.00 bits per heavy atom. The van der Waals surface area contributed by atoms with Crippen LogP contribution in [0.25, 0.3) is 0 Å². The standard InChI is InChI=1S/C22H28N2O4/c1-5-20(25)24-10-6-7-15-11-16(8-9-19(15)24)21(26)23-12-17(14(2)3)18(13-23)22(27)28-4/h5,8-9,11,14,17-18H,1,6-7,10,12-13H2,2-4H3/t17-,18+/m0/s1. The first-order valence-electron chi connectivity index (χ1n) is 9.81. The van der Waals surface area contributed by atoms with Crippen molar-refractivity contribution in [3.63, 3.8) is 0 Å². The largest absolute Gasteiger partial charge is 0.469 e. The Kier molecular flexibility index (Phi) is 5.87. The number of carbonyl (C=O) groups excluding carboxylic acids is 3. The van der Waals surface area contributed by atoms with Gasteiger partial charge in [0.25, 0.3) is 5.91 Å². The van der Waals surface area contributed by atoms with E-state index in [4.69, 9.17) is 4.74 Å². The van der Waals surface area contributed by atoms with Gasteiger partial charge in [0, 0.05) is 30.9 Å². The summed E-state index contributed by atoms with van der Waals surface area (Å²) in [5, 5.41) is 0. The molecule has 2 heterocycles. The van der Waals surface area contributed by atoms with E-state index >= 15 is 0 Å². The predicted octanol–water partition coefficient (Wildman–Crippen LogP) is 2.67. The molecule has 28 heavy (non-hydrogen) atoms. The Hall–Kier alpha value is -2.63. The van der Waals surface area contributed by atoms with Crippen LogP contribution >= 0.6 is 0 Å². The summed E-state index contributed by atoms with van der Waals surface area (Å²) in [6.07, 6.45) is 3.00. The first-order valence-corrected chi connectivity index (χ1v) is 9.81. The maximum absolute atomic E-state index is 13.1. The van der Waals surface area contributed by atoms with Gasteiger partial charge in [-0.3, -0.25) is 14.4 Å². The van der Waals surface area contributed by atoms with Crippen molar-refractivity contribution < 1.29 is 19.1 Å². The molecule has 6 heteroatoms. The van der Waals surface area contributed by atoms with E-state index in [1.165, 1.54) is 13.2 Å². The number of aryl methyl sites for hydroxylation is 1. The molecule has 1 fully saturated rings. The van der Waals surface area contributed by atoms with Gasteiger partial charge in [-0.1, -0.05) is 20.4 Å². The van der Waals surface area contributed by atoms with Crippen molar-refractivity contribution in [3.05, 3.63) is 42.0 Å². The Morgan fingerprint density at radius 1 is 1.25 bits per heavy atom. The highest BCUT2D eigenvalue weighted by Gasteiger charge is 2.41. The van der Waals surface area contributed by atoms with Crippen LogP contribution in [0, 0.1) is 17.8 Å². The number of ether oxygens (including phenoxy) is 1. The summed E-state index contributed by atoms with van der Waals surface area (Å²) in [6, 6.07) is 5.50. The maximum Gasteiger partial charge on any atom is 0.310 e. The summed E-state index contributed by atoms with van der Waals surface area (Å²) in [6.45, 7) is 9.30. The minimum atomic E-state index is -0.285. The molecular weight excluding hydrogens is 356 g/mol. The molecule has 0 spiro atoms. The lowest BCUT2D eigenvalue weighted by Crippen LogP contribution is -2.34. The van der Waals surface area contributed by atoms with Crippen LogP contribution in [0.5, 0.6) is 0 Å². The molecule has 0 radical (unpaired) electrons.